The summed E-state index contributed by atoms with van der Waals surface area (Å²) in [7, 11) is -3.50. The van der Waals surface area contributed by atoms with Crippen molar-refractivity contribution in [2.24, 2.45) is 0 Å². The fraction of sp³-hybridized carbons (Fsp3) is 0.333. The van der Waals surface area contributed by atoms with Gasteiger partial charge in [0.05, 0.1) is 10.9 Å². The van der Waals surface area contributed by atoms with Gasteiger partial charge in [-0.05, 0) is 49.2 Å². The highest BCUT2D eigenvalue weighted by atomic mass is 32.2. The Labute approximate surface area is 170 Å². The summed E-state index contributed by atoms with van der Waals surface area (Å²) in [5, 5.41) is 2.88. The molecule has 0 saturated carbocycles. The molecule has 152 valence electrons. The van der Waals surface area contributed by atoms with Crippen molar-refractivity contribution in [3.8, 4) is 0 Å². The Bertz CT molecular complexity index is 1000. The van der Waals surface area contributed by atoms with Crippen LogP contribution in [0.15, 0.2) is 59.5 Å². The summed E-state index contributed by atoms with van der Waals surface area (Å²) in [5.74, 6) is -0.351. The van der Waals surface area contributed by atoms with E-state index in [-0.39, 0.29) is 29.2 Å². The largest absolute Gasteiger partial charge is 0.347 e. The Morgan fingerprint density at radius 1 is 0.966 bits per heavy atom. The van der Waals surface area contributed by atoms with E-state index in [9.17, 15) is 18.0 Å². The average Bonchev–Trinajstić information content (AvgIpc) is 3.39. The van der Waals surface area contributed by atoms with Gasteiger partial charge < -0.3 is 10.2 Å². The molecule has 2 saturated heterocycles. The Balaban J connectivity index is 1.41. The van der Waals surface area contributed by atoms with Gasteiger partial charge in [-0.2, -0.15) is 4.31 Å². The molecule has 2 aliphatic rings. The molecule has 0 radical (unpaired) electrons. The molecule has 8 heteroatoms. The monoisotopic (exact) mass is 413 g/mol. The Morgan fingerprint density at radius 3 is 2.28 bits per heavy atom. The first-order valence-corrected chi connectivity index (χ1v) is 11.2. The van der Waals surface area contributed by atoms with Crippen LogP contribution in [0.2, 0.25) is 0 Å². The normalized spacial score (nSPS) is 20.2. The second-order valence-corrected chi connectivity index (χ2v) is 9.29. The van der Waals surface area contributed by atoms with E-state index in [0.717, 1.165) is 18.5 Å². The van der Waals surface area contributed by atoms with Crippen LogP contribution in [0.1, 0.15) is 29.6 Å². The number of para-hydroxylation sites is 1. The maximum absolute atomic E-state index is 12.6. The van der Waals surface area contributed by atoms with Gasteiger partial charge in [0.2, 0.25) is 15.9 Å². The second-order valence-electron chi connectivity index (χ2n) is 7.35. The maximum Gasteiger partial charge on any atom is 0.251 e. The predicted molar refractivity (Wildman–Crippen MR) is 109 cm³/mol. The number of hydrogen-bond acceptors (Lipinski definition) is 4. The number of carbonyl (C=O) groups excluding carboxylic acids is 2. The zero-order chi connectivity index (χ0) is 20.4. The summed E-state index contributed by atoms with van der Waals surface area (Å²) in [5.41, 5.74) is 1.18. The topological polar surface area (TPSA) is 86.8 Å². The number of benzene rings is 2. The highest BCUT2D eigenvalue weighted by Crippen LogP contribution is 2.23. The molecule has 2 aromatic rings. The van der Waals surface area contributed by atoms with E-state index >= 15 is 0 Å². The smallest absolute Gasteiger partial charge is 0.251 e. The lowest BCUT2D eigenvalue weighted by Crippen LogP contribution is -2.37. The lowest BCUT2D eigenvalue weighted by atomic mass is 10.2. The fourth-order valence-corrected chi connectivity index (χ4v) is 5.30. The van der Waals surface area contributed by atoms with E-state index in [0.29, 0.717) is 25.2 Å². The number of carbonyl (C=O) groups is 2. The predicted octanol–water partition coefficient (Wildman–Crippen LogP) is 2.01. The first-order chi connectivity index (χ1) is 13.9. The number of nitrogens with one attached hydrogen (secondary N) is 1. The van der Waals surface area contributed by atoms with Crippen LogP contribution in [-0.2, 0) is 14.8 Å². The summed E-state index contributed by atoms with van der Waals surface area (Å²) < 4.78 is 26.6. The molecule has 0 bridgehead atoms. The van der Waals surface area contributed by atoms with Gasteiger partial charge in [-0.25, -0.2) is 8.42 Å². The van der Waals surface area contributed by atoms with Crippen molar-refractivity contribution in [3.63, 3.8) is 0 Å². The first-order valence-electron chi connectivity index (χ1n) is 9.71. The number of anilines is 1. The molecule has 0 spiro atoms. The van der Waals surface area contributed by atoms with E-state index in [1.54, 1.807) is 4.90 Å². The third kappa shape index (κ3) is 4.04. The van der Waals surface area contributed by atoms with Crippen LogP contribution < -0.4 is 10.2 Å². The van der Waals surface area contributed by atoms with Gasteiger partial charge in [0.25, 0.3) is 5.91 Å². The van der Waals surface area contributed by atoms with Crippen molar-refractivity contribution >= 4 is 27.5 Å². The molecule has 2 aliphatic heterocycles. The van der Waals surface area contributed by atoms with Crippen molar-refractivity contribution in [2.75, 3.05) is 24.5 Å². The summed E-state index contributed by atoms with van der Waals surface area (Å²) >= 11 is 0. The van der Waals surface area contributed by atoms with Crippen LogP contribution in [0.25, 0.3) is 0 Å². The minimum atomic E-state index is -3.50. The number of amides is 2. The van der Waals surface area contributed by atoms with Crippen molar-refractivity contribution in [3.05, 3.63) is 60.2 Å². The molecule has 2 aromatic carbocycles. The van der Waals surface area contributed by atoms with Gasteiger partial charge in [-0.3, -0.25) is 9.59 Å². The quantitative estimate of drug-likeness (QED) is 0.812. The molecule has 2 heterocycles. The van der Waals surface area contributed by atoms with E-state index in [4.69, 9.17) is 0 Å². The van der Waals surface area contributed by atoms with E-state index in [2.05, 4.69) is 5.32 Å². The molecule has 29 heavy (non-hydrogen) atoms. The molecule has 7 nitrogen and oxygen atoms in total. The third-order valence-electron chi connectivity index (χ3n) is 5.35. The van der Waals surface area contributed by atoms with Gasteiger partial charge in [-0.1, -0.05) is 18.2 Å². The van der Waals surface area contributed by atoms with Gasteiger partial charge in [0.1, 0.15) is 0 Å². The number of nitrogens with zero attached hydrogens (tertiary/aromatic N) is 2. The summed E-state index contributed by atoms with van der Waals surface area (Å²) in [6.45, 7) is 1.49. The molecule has 0 aromatic heterocycles. The third-order valence-corrected chi connectivity index (χ3v) is 7.26. The minimum Gasteiger partial charge on any atom is -0.347 e. The van der Waals surface area contributed by atoms with Crippen LogP contribution in [0.3, 0.4) is 0 Å². The molecule has 1 atom stereocenters. The van der Waals surface area contributed by atoms with E-state index in [1.807, 2.05) is 30.3 Å². The Morgan fingerprint density at radius 2 is 1.62 bits per heavy atom. The van der Waals surface area contributed by atoms with Gasteiger partial charge in [0, 0.05) is 37.3 Å². The molecule has 1 N–H and O–H groups in total. The standard InChI is InChI=1S/C21H23N3O4S/c25-20-14-17(15-24(20)18-6-2-1-3-7-18)22-21(26)16-8-10-19(11-9-16)29(27,28)23-12-4-5-13-23/h1-3,6-11,17H,4-5,12-15H2,(H,22,26)/t17-/m0/s1. The Hall–Kier alpha value is -2.71. The molecule has 2 amide bonds. The average molecular weight is 413 g/mol. The minimum absolute atomic E-state index is 0.0337. The molecule has 0 unspecified atom stereocenters. The van der Waals surface area contributed by atoms with Crippen LogP contribution in [0.5, 0.6) is 0 Å². The number of hydrogen-bond donors (Lipinski definition) is 1. The van der Waals surface area contributed by atoms with Gasteiger partial charge in [-0.15, -0.1) is 0 Å². The highest BCUT2D eigenvalue weighted by Gasteiger charge is 2.32. The summed E-state index contributed by atoms with van der Waals surface area (Å²) in [6.07, 6.45) is 1.99. The lowest BCUT2D eigenvalue weighted by molar-refractivity contribution is -0.117. The van der Waals surface area contributed by atoms with Crippen LogP contribution in [-0.4, -0.2) is 50.2 Å². The van der Waals surface area contributed by atoms with Crippen LogP contribution in [0.4, 0.5) is 5.69 Å². The van der Waals surface area contributed by atoms with Crippen molar-refractivity contribution in [1.29, 1.82) is 0 Å². The summed E-state index contributed by atoms with van der Waals surface area (Å²) in [4.78, 5) is 26.7. The van der Waals surface area contributed by atoms with Crippen molar-refractivity contribution < 1.29 is 18.0 Å². The number of rotatable bonds is 5. The maximum atomic E-state index is 12.6. The molecule has 0 aliphatic carbocycles. The molecular formula is C21H23N3O4S. The van der Waals surface area contributed by atoms with Crippen molar-refractivity contribution in [2.45, 2.75) is 30.2 Å². The molecular weight excluding hydrogens is 390 g/mol. The van der Waals surface area contributed by atoms with Crippen LogP contribution in [0, 0.1) is 0 Å². The van der Waals surface area contributed by atoms with E-state index in [1.165, 1.54) is 28.6 Å². The fourth-order valence-electron chi connectivity index (χ4n) is 3.79. The number of sulfonamides is 1. The van der Waals surface area contributed by atoms with Gasteiger partial charge in [0.15, 0.2) is 0 Å². The summed E-state index contributed by atoms with van der Waals surface area (Å²) in [6, 6.07) is 15.0. The zero-order valence-electron chi connectivity index (χ0n) is 16.0. The highest BCUT2D eigenvalue weighted by molar-refractivity contribution is 7.89. The van der Waals surface area contributed by atoms with Crippen LogP contribution >= 0.6 is 0 Å². The SMILES string of the molecule is O=C(N[C@H]1CC(=O)N(c2ccccc2)C1)c1ccc(S(=O)(=O)N2CCCC2)cc1. The van der Waals surface area contributed by atoms with Crippen molar-refractivity contribution in [1.82, 2.24) is 9.62 Å². The lowest BCUT2D eigenvalue weighted by Gasteiger charge is -2.17. The molecule has 4 rings (SSSR count). The Kier molecular flexibility index (Phi) is 5.38. The zero-order valence-corrected chi connectivity index (χ0v) is 16.8. The molecule has 2 fully saturated rings. The van der Waals surface area contributed by atoms with Gasteiger partial charge >= 0.3 is 0 Å². The first kappa shape index (κ1) is 19.6. The van der Waals surface area contributed by atoms with E-state index < -0.39 is 10.0 Å². The second kappa shape index (κ2) is 7.96.